The normalized spacial score (nSPS) is 15.6. The Hall–Kier alpha value is -2.18. The molecule has 0 aliphatic carbocycles. The van der Waals surface area contributed by atoms with Crippen molar-refractivity contribution in [1.82, 2.24) is 10.2 Å². The van der Waals surface area contributed by atoms with Gasteiger partial charge in [-0.05, 0) is 56.4 Å². The standard InChI is InChI=1S/C20H24N2O3S/c1-15(23)16-6-4-7-17(12-16)25-14-20(24)21-13-18(19-8-5-11-26-19)22-9-2-3-10-22/h4-8,11-12,18H,2-3,9-10,13-14H2,1H3,(H,21,24). The fourth-order valence-electron chi connectivity index (χ4n) is 3.16. The molecule has 3 rings (SSSR count). The van der Waals surface area contributed by atoms with Gasteiger partial charge in [-0.2, -0.15) is 0 Å². The first-order valence-corrected chi connectivity index (χ1v) is 9.79. The van der Waals surface area contributed by atoms with E-state index in [1.54, 1.807) is 35.6 Å². The molecule has 0 radical (unpaired) electrons. The Morgan fingerprint density at radius 3 is 2.73 bits per heavy atom. The maximum Gasteiger partial charge on any atom is 0.258 e. The largest absolute Gasteiger partial charge is 0.484 e. The number of carbonyl (C=O) groups excluding carboxylic acids is 2. The average Bonchev–Trinajstić information content (AvgIpc) is 3.35. The topological polar surface area (TPSA) is 58.6 Å². The van der Waals surface area contributed by atoms with Gasteiger partial charge >= 0.3 is 0 Å². The summed E-state index contributed by atoms with van der Waals surface area (Å²) in [6, 6.07) is 11.3. The van der Waals surface area contributed by atoms with Crippen molar-refractivity contribution in [2.45, 2.75) is 25.8 Å². The highest BCUT2D eigenvalue weighted by Gasteiger charge is 2.24. The Bertz CT molecular complexity index is 739. The molecule has 1 amide bonds. The highest BCUT2D eigenvalue weighted by Crippen LogP contribution is 2.27. The van der Waals surface area contributed by atoms with Crippen molar-refractivity contribution >= 4 is 23.0 Å². The van der Waals surface area contributed by atoms with E-state index in [4.69, 9.17) is 4.74 Å². The third-order valence-corrected chi connectivity index (χ3v) is 5.53. The summed E-state index contributed by atoms with van der Waals surface area (Å²) in [6.07, 6.45) is 2.43. The number of hydrogen-bond acceptors (Lipinski definition) is 5. The third kappa shape index (κ3) is 4.93. The van der Waals surface area contributed by atoms with Crippen LogP contribution in [0.25, 0.3) is 0 Å². The maximum absolute atomic E-state index is 12.2. The first kappa shape index (κ1) is 18.6. The summed E-state index contributed by atoms with van der Waals surface area (Å²) in [5.74, 6) is 0.352. The summed E-state index contributed by atoms with van der Waals surface area (Å²) in [7, 11) is 0. The molecule has 5 nitrogen and oxygen atoms in total. The molecule has 1 N–H and O–H groups in total. The first-order chi connectivity index (χ1) is 12.6. The highest BCUT2D eigenvalue weighted by molar-refractivity contribution is 7.10. The van der Waals surface area contributed by atoms with E-state index >= 15 is 0 Å². The lowest BCUT2D eigenvalue weighted by Gasteiger charge is -2.26. The monoisotopic (exact) mass is 372 g/mol. The van der Waals surface area contributed by atoms with E-state index in [9.17, 15) is 9.59 Å². The number of hydrogen-bond donors (Lipinski definition) is 1. The van der Waals surface area contributed by atoms with Crippen LogP contribution in [-0.2, 0) is 4.79 Å². The number of ether oxygens (including phenoxy) is 1. The summed E-state index contributed by atoms with van der Waals surface area (Å²) >= 11 is 1.73. The minimum absolute atomic E-state index is 0.0238. The lowest BCUT2D eigenvalue weighted by Crippen LogP contribution is -2.38. The summed E-state index contributed by atoms with van der Waals surface area (Å²) < 4.78 is 5.53. The second kappa shape index (κ2) is 8.96. The Morgan fingerprint density at radius 1 is 1.23 bits per heavy atom. The van der Waals surface area contributed by atoms with E-state index < -0.39 is 0 Å². The quantitative estimate of drug-likeness (QED) is 0.723. The SMILES string of the molecule is CC(=O)c1cccc(OCC(=O)NCC(c2cccs2)N2CCCC2)c1. The van der Waals surface area contributed by atoms with Crippen LogP contribution in [-0.4, -0.2) is 42.8 Å². The molecule has 0 saturated carbocycles. The van der Waals surface area contributed by atoms with Gasteiger partial charge in [-0.15, -0.1) is 11.3 Å². The van der Waals surface area contributed by atoms with Crippen molar-refractivity contribution in [3.05, 3.63) is 52.2 Å². The van der Waals surface area contributed by atoms with Gasteiger partial charge < -0.3 is 10.1 Å². The number of Topliss-reactive ketones (excluding diaryl/α,β-unsaturated/α-hetero) is 1. The molecule has 26 heavy (non-hydrogen) atoms. The van der Waals surface area contributed by atoms with E-state index in [1.165, 1.54) is 24.6 Å². The molecular formula is C20H24N2O3S. The Balaban J connectivity index is 1.52. The van der Waals surface area contributed by atoms with Crippen molar-refractivity contribution < 1.29 is 14.3 Å². The predicted octanol–water partition coefficient (Wildman–Crippen LogP) is 3.28. The number of rotatable bonds is 8. The highest BCUT2D eigenvalue weighted by atomic mass is 32.1. The van der Waals surface area contributed by atoms with Gasteiger partial charge in [0, 0.05) is 17.0 Å². The van der Waals surface area contributed by atoms with Crippen molar-refractivity contribution in [1.29, 1.82) is 0 Å². The third-order valence-electron chi connectivity index (χ3n) is 4.56. The Morgan fingerprint density at radius 2 is 2.04 bits per heavy atom. The molecule has 1 saturated heterocycles. The van der Waals surface area contributed by atoms with Crippen LogP contribution in [0.4, 0.5) is 0 Å². The van der Waals surface area contributed by atoms with Crippen molar-refractivity contribution in [3.63, 3.8) is 0 Å². The number of nitrogens with zero attached hydrogens (tertiary/aromatic N) is 1. The second-order valence-electron chi connectivity index (χ2n) is 6.45. The fraction of sp³-hybridized carbons (Fsp3) is 0.400. The van der Waals surface area contributed by atoms with Crippen LogP contribution in [0.2, 0.25) is 0 Å². The summed E-state index contributed by atoms with van der Waals surface area (Å²) in [6.45, 7) is 4.18. The van der Waals surface area contributed by atoms with Crippen LogP contribution in [0.1, 0.15) is 41.0 Å². The van der Waals surface area contributed by atoms with Crippen molar-refractivity contribution in [2.75, 3.05) is 26.2 Å². The van der Waals surface area contributed by atoms with Crippen LogP contribution in [0.15, 0.2) is 41.8 Å². The van der Waals surface area contributed by atoms with E-state index in [-0.39, 0.29) is 24.3 Å². The van der Waals surface area contributed by atoms with Gasteiger partial charge in [0.2, 0.25) is 0 Å². The van der Waals surface area contributed by atoms with Gasteiger partial charge in [0.25, 0.3) is 5.91 Å². The number of thiophene rings is 1. The van der Waals surface area contributed by atoms with Gasteiger partial charge in [0.05, 0.1) is 6.04 Å². The summed E-state index contributed by atoms with van der Waals surface area (Å²) in [5, 5.41) is 5.06. The van der Waals surface area contributed by atoms with Crippen LogP contribution in [0.5, 0.6) is 5.75 Å². The van der Waals surface area contributed by atoms with Gasteiger partial charge in [0.15, 0.2) is 12.4 Å². The van der Waals surface area contributed by atoms with Crippen LogP contribution >= 0.6 is 11.3 Å². The molecule has 0 spiro atoms. The lowest BCUT2D eigenvalue weighted by atomic mass is 10.1. The number of carbonyl (C=O) groups is 2. The zero-order chi connectivity index (χ0) is 18.4. The van der Waals surface area contributed by atoms with Gasteiger partial charge in [0.1, 0.15) is 5.75 Å². The molecule has 1 fully saturated rings. The maximum atomic E-state index is 12.2. The molecular weight excluding hydrogens is 348 g/mol. The number of likely N-dealkylation sites (tertiary alicyclic amines) is 1. The molecule has 138 valence electrons. The number of nitrogens with one attached hydrogen (secondary N) is 1. The zero-order valence-corrected chi connectivity index (χ0v) is 15.8. The van der Waals surface area contributed by atoms with Crippen LogP contribution in [0, 0.1) is 0 Å². The van der Waals surface area contributed by atoms with Crippen molar-refractivity contribution in [2.24, 2.45) is 0 Å². The summed E-state index contributed by atoms with van der Waals surface area (Å²) in [4.78, 5) is 27.3. The lowest BCUT2D eigenvalue weighted by molar-refractivity contribution is -0.123. The molecule has 2 aromatic rings. The Kier molecular flexibility index (Phi) is 6.41. The van der Waals surface area contributed by atoms with E-state index in [2.05, 4.69) is 27.7 Å². The number of ketones is 1. The minimum Gasteiger partial charge on any atom is -0.484 e. The van der Waals surface area contributed by atoms with E-state index in [1.807, 2.05) is 0 Å². The minimum atomic E-state index is -0.154. The average molecular weight is 372 g/mol. The smallest absolute Gasteiger partial charge is 0.258 e. The first-order valence-electron chi connectivity index (χ1n) is 8.91. The van der Waals surface area contributed by atoms with Gasteiger partial charge in [-0.25, -0.2) is 0 Å². The van der Waals surface area contributed by atoms with E-state index in [0.717, 1.165) is 13.1 Å². The fourth-order valence-corrected chi connectivity index (χ4v) is 4.02. The Labute approximate surface area is 158 Å². The van der Waals surface area contributed by atoms with Crippen LogP contribution < -0.4 is 10.1 Å². The molecule has 1 aliphatic rings. The molecule has 0 bridgehead atoms. The van der Waals surface area contributed by atoms with Gasteiger partial charge in [-0.1, -0.05) is 18.2 Å². The van der Waals surface area contributed by atoms with Crippen LogP contribution in [0.3, 0.4) is 0 Å². The number of benzene rings is 1. The van der Waals surface area contributed by atoms with Gasteiger partial charge in [-0.3, -0.25) is 14.5 Å². The second-order valence-corrected chi connectivity index (χ2v) is 7.43. The molecule has 1 unspecified atom stereocenters. The van der Waals surface area contributed by atoms with E-state index in [0.29, 0.717) is 17.9 Å². The predicted molar refractivity (Wildman–Crippen MR) is 103 cm³/mol. The number of amides is 1. The van der Waals surface area contributed by atoms with Crippen molar-refractivity contribution in [3.8, 4) is 5.75 Å². The molecule has 1 aromatic carbocycles. The zero-order valence-electron chi connectivity index (χ0n) is 14.9. The molecule has 6 heteroatoms. The molecule has 1 aromatic heterocycles. The molecule has 2 heterocycles. The molecule has 1 aliphatic heterocycles. The molecule has 1 atom stereocenters. The summed E-state index contributed by atoms with van der Waals surface area (Å²) in [5.41, 5.74) is 0.578.